The van der Waals surface area contributed by atoms with E-state index in [0.717, 1.165) is 11.4 Å². The molecule has 1 fully saturated rings. The van der Waals surface area contributed by atoms with Crippen molar-refractivity contribution in [2.45, 2.75) is 12.5 Å². The zero-order valence-electron chi connectivity index (χ0n) is 10.9. The van der Waals surface area contributed by atoms with Gasteiger partial charge in [0.2, 0.25) is 0 Å². The Balaban J connectivity index is 1.79. The van der Waals surface area contributed by atoms with Crippen LogP contribution in [-0.4, -0.2) is 18.6 Å². The Morgan fingerprint density at radius 3 is 2.55 bits per heavy atom. The van der Waals surface area contributed by atoms with Crippen molar-refractivity contribution in [1.29, 1.82) is 0 Å². The molecule has 2 aromatic rings. The molecular weight excluding hydrogens is 254 g/mol. The first-order chi connectivity index (χ1) is 9.83. The van der Waals surface area contributed by atoms with Crippen LogP contribution in [0.1, 0.15) is 6.42 Å². The number of benzene rings is 2. The summed E-state index contributed by atoms with van der Waals surface area (Å²) in [6, 6.07) is 16.8. The zero-order valence-corrected chi connectivity index (χ0v) is 10.9. The van der Waals surface area contributed by atoms with E-state index in [1.807, 2.05) is 54.6 Å². The van der Waals surface area contributed by atoms with Gasteiger partial charge in [-0.1, -0.05) is 30.3 Å². The Kier molecular flexibility index (Phi) is 3.54. The third kappa shape index (κ3) is 2.74. The van der Waals surface area contributed by atoms with Crippen LogP contribution in [0.25, 0.3) is 0 Å². The molecule has 4 nitrogen and oxygen atoms in total. The van der Waals surface area contributed by atoms with Gasteiger partial charge >= 0.3 is 5.97 Å². The number of rotatable bonds is 4. The summed E-state index contributed by atoms with van der Waals surface area (Å²) in [6.07, 6.45) is 0.679. The third-order valence-electron chi connectivity index (χ3n) is 3.12. The maximum atomic E-state index is 11.5. The number of anilines is 1. The minimum absolute atomic E-state index is 0.209. The van der Waals surface area contributed by atoms with Crippen LogP contribution >= 0.6 is 0 Å². The predicted octanol–water partition coefficient (Wildman–Crippen LogP) is 3.21. The molecule has 4 heteroatoms. The molecule has 0 spiro atoms. The molecule has 0 aromatic heterocycles. The Morgan fingerprint density at radius 1 is 1.05 bits per heavy atom. The number of carbonyl (C=O) groups excluding carboxylic acids is 1. The van der Waals surface area contributed by atoms with E-state index in [2.05, 4.69) is 5.32 Å². The fourth-order valence-electron chi connectivity index (χ4n) is 2.11. The van der Waals surface area contributed by atoms with Crippen molar-refractivity contribution >= 4 is 11.7 Å². The van der Waals surface area contributed by atoms with Crippen molar-refractivity contribution in [2.75, 3.05) is 11.9 Å². The van der Waals surface area contributed by atoms with Gasteiger partial charge < -0.3 is 14.8 Å². The molecule has 0 aliphatic carbocycles. The van der Waals surface area contributed by atoms with Crippen LogP contribution in [0.2, 0.25) is 0 Å². The molecule has 3 rings (SSSR count). The Hall–Kier alpha value is -2.49. The molecule has 0 bridgehead atoms. The Morgan fingerprint density at radius 2 is 1.80 bits per heavy atom. The highest BCUT2D eigenvalue weighted by molar-refractivity contribution is 5.81. The number of esters is 1. The van der Waals surface area contributed by atoms with E-state index in [-0.39, 0.29) is 12.0 Å². The summed E-state index contributed by atoms with van der Waals surface area (Å²) in [6.45, 7) is 0.470. The second kappa shape index (κ2) is 5.65. The van der Waals surface area contributed by atoms with E-state index in [4.69, 9.17) is 9.47 Å². The molecule has 102 valence electrons. The minimum atomic E-state index is -0.296. The van der Waals surface area contributed by atoms with E-state index < -0.39 is 0 Å². The van der Waals surface area contributed by atoms with Gasteiger partial charge in [-0.15, -0.1) is 0 Å². The molecule has 1 N–H and O–H groups in total. The van der Waals surface area contributed by atoms with Crippen LogP contribution < -0.4 is 10.1 Å². The van der Waals surface area contributed by atoms with E-state index in [9.17, 15) is 4.79 Å². The fourth-order valence-corrected chi connectivity index (χ4v) is 2.11. The zero-order chi connectivity index (χ0) is 13.8. The largest absolute Gasteiger partial charge is 0.464 e. The Bertz CT molecular complexity index is 598. The van der Waals surface area contributed by atoms with E-state index in [1.54, 1.807) is 0 Å². The van der Waals surface area contributed by atoms with E-state index in [0.29, 0.717) is 18.8 Å². The number of cyclic esters (lactones) is 1. The first kappa shape index (κ1) is 12.5. The van der Waals surface area contributed by atoms with Gasteiger partial charge in [-0.25, -0.2) is 4.79 Å². The minimum Gasteiger partial charge on any atom is -0.464 e. The normalized spacial score (nSPS) is 17.6. The molecule has 0 amide bonds. The summed E-state index contributed by atoms with van der Waals surface area (Å²) in [7, 11) is 0. The SMILES string of the molecule is O=C1OCCC1Nc1ccccc1Oc1ccccc1. The molecule has 1 saturated heterocycles. The fraction of sp³-hybridized carbons (Fsp3) is 0.188. The molecule has 20 heavy (non-hydrogen) atoms. The molecule has 0 radical (unpaired) electrons. The first-order valence-corrected chi connectivity index (χ1v) is 6.58. The monoisotopic (exact) mass is 269 g/mol. The summed E-state index contributed by atoms with van der Waals surface area (Å²) < 4.78 is 10.8. The number of ether oxygens (including phenoxy) is 2. The highest BCUT2D eigenvalue weighted by atomic mass is 16.5. The standard InChI is InChI=1S/C16H15NO3/c18-16-14(10-11-19-16)17-13-8-4-5-9-15(13)20-12-6-2-1-3-7-12/h1-9,14,17H,10-11H2. The Labute approximate surface area is 117 Å². The smallest absolute Gasteiger partial charge is 0.328 e. The predicted molar refractivity (Wildman–Crippen MR) is 75.9 cm³/mol. The van der Waals surface area contributed by atoms with Gasteiger partial charge in [0.1, 0.15) is 11.8 Å². The highest BCUT2D eigenvalue weighted by Gasteiger charge is 2.26. The first-order valence-electron chi connectivity index (χ1n) is 6.58. The van der Waals surface area contributed by atoms with Crippen molar-refractivity contribution < 1.29 is 14.3 Å². The summed E-state index contributed by atoms with van der Waals surface area (Å²) in [5.41, 5.74) is 0.792. The topological polar surface area (TPSA) is 47.6 Å². The van der Waals surface area contributed by atoms with E-state index >= 15 is 0 Å². The maximum absolute atomic E-state index is 11.5. The average Bonchev–Trinajstić information content (AvgIpc) is 2.88. The highest BCUT2D eigenvalue weighted by Crippen LogP contribution is 2.30. The van der Waals surface area contributed by atoms with Gasteiger partial charge in [-0.05, 0) is 24.3 Å². The van der Waals surface area contributed by atoms with Crippen LogP contribution in [0.3, 0.4) is 0 Å². The van der Waals surface area contributed by atoms with Crippen LogP contribution in [0, 0.1) is 0 Å². The second-order valence-corrected chi connectivity index (χ2v) is 4.56. The molecule has 1 unspecified atom stereocenters. The molecule has 1 atom stereocenters. The number of nitrogens with one attached hydrogen (secondary N) is 1. The summed E-state index contributed by atoms with van der Waals surface area (Å²) in [5.74, 6) is 1.24. The summed E-state index contributed by atoms with van der Waals surface area (Å²) in [5, 5.41) is 3.18. The quantitative estimate of drug-likeness (QED) is 0.866. The number of hydrogen-bond donors (Lipinski definition) is 1. The van der Waals surface area contributed by atoms with Crippen LogP contribution in [0.4, 0.5) is 5.69 Å². The number of hydrogen-bond acceptors (Lipinski definition) is 4. The molecule has 1 heterocycles. The second-order valence-electron chi connectivity index (χ2n) is 4.56. The van der Waals surface area contributed by atoms with Crippen molar-refractivity contribution in [3.8, 4) is 11.5 Å². The van der Waals surface area contributed by atoms with Gasteiger partial charge in [0.05, 0.1) is 12.3 Å². The number of carbonyl (C=O) groups is 1. The lowest BCUT2D eigenvalue weighted by Gasteiger charge is -2.15. The molecular formula is C16H15NO3. The third-order valence-corrected chi connectivity index (χ3v) is 3.12. The van der Waals surface area contributed by atoms with Crippen molar-refractivity contribution in [3.05, 3.63) is 54.6 Å². The lowest BCUT2D eigenvalue weighted by Crippen LogP contribution is -2.24. The lowest BCUT2D eigenvalue weighted by atomic mass is 10.2. The van der Waals surface area contributed by atoms with Crippen LogP contribution in [0.15, 0.2) is 54.6 Å². The van der Waals surface area contributed by atoms with Gasteiger partial charge in [0.15, 0.2) is 5.75 Å². The molecule has 0 saturated carbocycles. The van der Waals surface area contributed by atoms with Crippen molar-refractivity contribution in [1.82, 2.24) is 0 Å². The number of para-hydroxylation sites is 3. The average molecular weight is 269 g/mol. The summed E-state index contributed by atoms with van der Waals surface area (Å²) in [4.78, 5) is 11.5. The van der Waals surface area contributed by atoms with Crippen molar-refractivity contribution in [3.63, 3.8) is 0 Å². The van der Waals surface area contributed by atoms with Gasteiger partial charge in [-0.3, -0.25) is 0 Å². The van der Waals surface area contributed by atoms with Crippen LogP contribution in [-0.2, 0) is 9.53 Å². The van der Waals surface area contributed by atoms with Gasteiger partial charge in [-0.2, -0.15) is 0 Å². The molecule has 2 aromatic carbocycles. The van der Waals surface area contributed by atoms with Crippen LogP contribution in [0.5, 0.6) is 11.5 Å². The van der Waals surface area contributed by atoms with Crippen molar-refractivity contribution in [2.24, 2.45) is 0 Å². The molecule has 1 aliphatic rings. The summed E-state index contributed by atoms with van der Waals surface area (Å²) >= 11 is 0. The van der Waals surface area contributed by atoms with E-state index in [1.165, 1.54) is 0 Å². The molecule has 1 aliphatic heterocycles. The maximum Gasteiger partial charge on any atom is 0.328 e. The lowest BCUT2D eigenvalue weighted by molar-refractivity contribution is -0.138. The van der Waals surface area contributed by atoms with Gasteiger partial charge in [0.25, 0.3) is 0 Å². The van der Waals surface area contributed by atoms with Gasteiger partial charge in [0, 0.05) is 6.42 Å².